The first-order valence-electron chi connectivity index (χ1n) is 6.18. The highest BCUT2D eigenvalue weighted by Gasteiger charge is 2.08. The maximum Gasteiger partial charge on any atom is 0.149 e. The van der Waals surface area contributed by atoms with Crippen LogP contribution in [0.2, 0.25) is 0 Å². The molecule has 20 heavy (non-hydrogen) atoms. The SMILES string of the molecule is CCOc1ccc(Oc2cc[nH]c(=S)c2C#N)c(C)c1. The van der Waals surface area contributed by atoms with Gasteiger partial charge in [-0.05, 0) is 43.7 Å². The summed E-state index contributed by atoms with van der Waals surface area (Å²) in [5.74, 6) is 1.91. The van der Waals surface area contributed by atoms with Crippen LogP contribution in [0.3, 0.4) is 0 Å². The summed E-state index contributed by atoms with van der Waals surface area (Å²) in [5.41, 5.74) is 1.26. The fourth-order valence-electron chi connectivity index (χ4n) is 1.76. The van der Waals surface area contributed by atoms with E-state index in [4.69, 9.17) is 27.0 Å². The van der Waals surface area contributed by atoms with Crippen molar-refractivity contribution in [3.63, 3.8) is 0 Å². The van der Waals surface area contributed by atoms with E-state index in [9.17, 15) is 0 Å². The van der Waals surface area contributed by atoms with Crippen molar-refractivity contribution < 1.29 is 9.47 Å². The summed E-state index contributed by atoms with van der Waals surface area (Å²) in [7, 11) is 0. The Kier molecular flexibility index (Phi) is 4.38. The van der Waals surface area contributed by atoms with E-state index in [0.29, 0.717) is 28.3 Å². The quantitative estimate of drug-likeness (QED) is 0.859. The molecule has 0 bridgehead atoms. The van der Waals surface area contributed by atoms with E-state index in [1.807, 2.05) is 32.0 Å². The largest absolute Gasteiger partial charge is 0.494 e. The molecule has 0 radical (unpaired) electrons. The molecule has 4 nitrogen and oxygen atoms in total. The van der Waals surface area contributed by atoms with Crippen molar-refractivity contribution in [1.29, 1.82) is 5.26 Å². The molecule has 0 aliphatic carbocycles. The Morgan fingerprint density at radius 1 is 1.30 bits per heavy atom. The molecule has 0 unspecified atom stereocenters. The average Bonchev–Trinajstić information content (AvgIpc) is 2.42. The second kappa shape index (κ2) is 6.22. The standard InChI is InChI=1S/C15H14N2O2S/c1-3-18-11-4-5-13(10(2)8-11)19-14-6-7-17-15(20)12(14)9-16/h4-8H,3H2,1-2H3,(H,17,20). The van der Waals surface area contributed by atoms with Crippen LogP contribution >= 0.6 is 12.2 Å². The zero-order valence-corrected chi connectivity index (χ0v) is 12.1. The van der Waals surface area contributed by atoms with Gasteiger partial charge in [-0.3, -0.25) is 0 Å². The number of aryl methyl sites for hydroxylation is 1. The molecule has 2 rings (SSSR count). The van der Waals surface area contributed by atoms with Crippen molar-refractivity contribution in [1.82, 2.24) is 4.98 Å². The number of nitrogens with zero attached hydrogens (tertiary/aromatic N) is 1. The molecule has 0 saturated carbocycles. The maximum absolute atomic E-state index is 9.12. The number of ether oxygens (including phenoxy) is 2. The predicted octanol–water partition coefficient (Wildman–Crippen LogP) is 4.12. The Labute approximate surface area is 122 Å². The molecule has 2 aromatic rings. The lowest BCUT2D eigenvalue weighted by Crippen LogP contribution is -1.95. The van der Waals surface area contributed by atoms with E-state index in [1.165, 1.54) is 0 Å². The van der Waals surface area contributed by atoms with Gasteiger partial charge in [0.05, 0.1) is 6.61 Å². The van der Waals surface area contributed by atoms with E-state index >= 15 is 0 Å². The van der Waals surface area contributed by atoms with Crippen LogP contribution in [0, 0.1) is 22.9 Å². The minimum atomic E-state index is 0.329. The van der Waals surface area contributed by atoms with Crippen molar-refractivity contribution in [3.05, 3.63) is 46.2 Å². The third-order valence-electron chi connectivity index (χ3n) is 2.71. The number of H-pyrrole nitrogens is 1. The molecule has 0 spiro atoms. The number of nitriles is 1. The third-order valence-corrected chi connectivity index (χ3v) is 3.03. The molecule has 0 atom stereocenters. The Hall–Kier alpha value is -2.32. The molecule has 1 aromatic heterocycles. The topological polar surface area (TPSA) is 58.0 Å². The van der Waals surface area contributed by atoms with Gasteiger partial charge in [0.1, 0.15) is 33.5 Å². The molecular formula is C15H14N2O2S. The van der Waals surface area contributed by atoms with E-state index in [-0.39, 0.29) is 0 Å². The fraction of sp³-hybridized carbons (Fsp3) is 0.200. The number of aromatic nitrogens is 1. The highest BCUT2D eigenvalue weighted by atomic mass is 32.1. The summed E-state index contributed by atoms with van der Waals surface area (Å²) in [4.78, 5) is 2.81. The fourth-order valence-corrected chi connectivity index (χ4v) is 1.98. The van der Waals surface area contributed by atoms with Gasteiger partial charge in [0.2, 0.25) is 0 Å². The molecule has 1 heterocycles. The molecule has 1 N–H and O–H groups in total. The third kappa shape index (κ3) is 2.98. The number of hydrogen-bond acceptors (Lipinski definition) is 4. The van der Waals surface area contributed by atoms with Crippen molar-refractivity contribution in [2.45, 2.75) is 13.8 Å². The Bertz CT molecular complexity index is 717. The summed E-state index contributed by atoms with van der Waals surface area (Å²) in [5, 5.41) is 9.12. The Morgan fingerprint density at radius 2 is 2.10 bits per heavy atom. The molecule has 0 fully saturated rings. The molecule has 5 heteroatoms. The van der Waals surface area contributed by atoms with Gasteiger partial charge in [-0.1, -0.05) is 12.2 Å². The highest BCUT2D eigenvalue weighted by molar-refractivity contribution is 7.71. The number of nitrogens with one attached hydrogen (secondary N) is 1. The first-order chi connectivity index (χ1) is 9.65. The van der Waals surface area contributed by atoms with Gasteiger partial charge < -0.3 is 14.5 Å². The van der Waals surface area contributed by atoms with Gasteiger partial charge in [-0.15, -0.1) is 0 Å². The van der Waals surface area contributed by atoms with Crippen LogP contribution in [0.15, 0.2) is 30.5 Å². The van der Waals surface area contributed by atoms with Crippen LogP contribution in [-0.4, -0.2) is 11.6 Å². The second-order valence-corrected chi connectivity index (χ2v) is 4.53. The lowest BCUT2D eigenvalue weighted by atomic mass is 10.2. The summed E-state index contributed by atoms with van der Waals surface area (Å²) < 4.78 is 11.6. The van der Waals surface area contributed by atoms with Crippen LogP contribution < -0.4 is 9.47 Å². The maximum atomic E-state index is 9.12. The van der Waals surface area contributed by atoms with Crippen molar-refractivity contribution >= 4 is 12.2 Å². The molecule has 0 aliphatic rings. The smallest absolute Gasteiger partial charge is 0.149 e. The predicted molar refractivity (Wildman–Crippen MR) is 78.8 cm³/mol. The molecule has 0 amide bonds. The lowest BCUT2D eigenvalue weighted by molar-refractivity contribution is 0.339. The first-order valence-corrected chi connectivity index (χ1v) is 6.59. The molecule has 0 aliphatic heterocycles. The molecular weight excluding hydrogens is 272 g/mol. The molecule has 102 valence electrons. The van der Waals surface area contributed by atoms with Crippen molar-refractivity contribution in [3.8, 4) is 23.3 Å². The van der Waals surface area contributed by atoms with Crippen LogP contribution in [0.25, 0.3) is 0 Å². The molecule has 0 saturated heterocycles. The summed E-state index contributed by atoms with van der Waals surface area (Å²) >= 11 is 5.06. The second-order valence-electron chi connectivity index (χ2n) is 4.12. The van der Waals surface area contributed by atoms with Gasteiger partial charge in [0, 0.05) is 6.20 Å². The highest BCUT2D eigenvalue weighted by Crippen LogP contribution is 2.29. The number of benzene rings is 1. The van der Waals surface area contributed by atoms with Crippen molar-refractivity contribution in [2.75, 3.05) is 6.61 Å². The first kappa shape index (κ1) is 14.1. The van der Waals surface area contributed by atoms with Crippen LogP contribution in [0.5, 0.6) is 17.2 Å². The Morgan fingerprint density at radius 3 is 2.75 bits per heavy atom. The minimum absolute atomic E-state index is 0.329. The van der Waals surface area contributed by atoms with Gasteiger partial charge in [-0.2, -0.15) is 5.26 Å². The summed E-state index contributed by atoms with van der Waals surface area (Å²) in [6, 6.07) is 9.29. The van der Waals surface area contributed by atoms with E-state index < -0.39 is 0 Å². The van der Waals surface area contributed by atoms with Gasteiger partial charge in [0.25, 0.3) is 0 Å². The van der Waals surface area contributed by atoms with Gasteiger partial charge in [-0.25, -0.2) is 0 Å². The molecule has 1 aromatic carbocycles. The number of aromatic amines is 1. The van der Waals surface area contributed by atoms with Crippen molar-refractivity contribution in [2.24, 2.45) is 0 Å². The number of rotatable bonds is 4. The minimum Gasteiger partial charge on any atom is -0.494 e. The summed E-state index contributed by atoms with van der Waals surface area (Å²) in [6.45, 7) is 4.48. The monoisotopic (exact) mass is 286 g/mol. The number of pyridine rings is 1. The Balaban J connectivity index is 2.34. The van der Waals surface area contributed by atoms with Gasteiger partial charge in [0.15, 0.2) is 0 Å². The van der Waals surface area contributed by atoms with Crippen LogP contribution in [-0.2, 0) is 0 Å². The number of hydrogen-bond donors (Lipinski definition) is 1. The van der Waals surface area contributed by atoms with Gasteiger partial charge >= 0.3 is 0 Å². The average molecular weight is 286 g/mol. The van der Waals surface area contributed by atoms with Crippen LogP contribution in [0.1, 0.15) is 18.1 Å². The normalized spacial score (nSPS) is 9.85. The summed E-state index contributed by atoms with van der Waals surface area (Å²) in [6.07, 6.45) is 1.66. The zero-order valence-electron chi connectivity index (χ0n) is 11.3. The van der Waals surface area contributed by atoms with E-state index in [2.05, 4.69) is 11.1 Å². The lowest BCUT2D eigenvalue weighted by Gasteiger charge is -2.11. The zero-order chi connectivity index (χ0) is 14.5. The van der Waals surface area contributed by atoms with E-state index in [0.717, 1.165) is 11.3 Å². The van der Waals surface area contributed by atoms with E-state index in [1.54, 1.807) is 12.3 Å². The van der Waals surface area contributed by atoms with Crippen LogP contribution in [0.4, 0.5) is 0 Å².